The van der Waals surface area contributed by atoms with Gasteiger partial charge in [-0.25, -0.2) is 0 Å². The van der Waals surface area contributed by atoms with Crippen LogP contribution in [-0.2, 0) is 0 Å². The second-order valence-electron chi connectivity index (χ2n) is 8.16. The summed E-state index contributed by atoms with van der Waals surface area (Å²) in [5, 5.41) is 8.72. The maximum atomic E-state index is 13.7. The van der Waals surface area contributed by atoms with E-state index in [1.54, 1.807) is 46.9 Å². The molecule has 0 radical (unpaired) electrons. The molecule has 0 aliphatic heterocycles. The molecule has 1 aliphatic carbocycles. The van der Waals surface area contributed by atoms with Crippen molar-refractivity contribution in [2.45, 2.75) is 25.9 Å². The molecule has 2 aromatic carbocycles. The molecule has 2 aromatic heterocycles. The van der Waals surface area contributed by atoms with E-state index in [1.807, 2.05) is 0 Å². The second-order valence-corrected chi connectivity index (χ2v) is 8.60. The minimum absolute atomic E-state index is 0.0113. The summed E-state index contributed by atoms with van der Waals surface area (Å²) >= 11 is 6.16. The number of aromatic nitrogens is 4. The smallest absolute Gasteiger partial charge is 0.317 e. The minimum atomic E-state index is -4.47. The van der Waals surface area contributed by atoms with Crippen molar-refractivity contribution in [3.63, 3.8) is 0 Å². The van der Waals surface area contributed by atoms with E-state index in [-0.39, 0.29) is 17.0 Å². The van der Waals surface area contributed by atoms with Gasteiger partial charge in [-0.2, -0.15) is 18.2 Å². The van der Waals surface area contributed by atoms with Crippen molar-refractivity contribution in [2.24, 2.45) is 5.41 Å². The number of hydrogen-bond donors (Lipinski definition) is 0. The molecule has 162 valence electrons. The highest BCUT2D eigenvalue weighted by molar-refractivity contribution is 6.31. The Bertz CT molecular complexity index is 1400. The van der Waals surface area contributed by atoms with Crippen molar-refractivity contribution < 1.29 is 13.2 Å². The van der Waals surface area contributed by atoms with Gasteiger partial charge in [0.1, 0.15) is 18.7 Å². The van der Waals surface area contributed by atoms with Gasteiger partial charge in [0.25, 0.3) is 5.78 Å². The number of rotatable bonds is 3. The summed E-state index contributed by atoms with van der Waals surface area (Å²) in [4.78, 5) is 5.55. The zero-order valence-corrected chi connectivity index (χ0v) is 17.7. The average molecular weight is 456 g/mol. The van der Waals surface area contributed by atoms with Crippen molar-refractivity contribution >= 4 is 39.8 Å². The molecule has 0 atom stereocenters. The summed E-state index contributed by atoms with van der Waals surface area (Å²) in [5.41, 5.74) is 1.56. The quantitative estimate of drug-likeness (QED) is 0.367. The fourth-order valence-corrected chi connectivity index (χ4v) is 3.65. The zero-order valence-electron chi connectivity index (χ0n) is 17.0. The van der Waals surface area contributed by atoms with Crippen LogP contribution in [0, 0.1) is 17.3 Å². The van der Waals surface area contributed by atoms with Crippen molar-refractivity contribution in [1.29, 1.82) is 0 Å². The molecule has 0 amide bonds. The number of hydrogen-bond acceptors (Lipinski definition) is 4. The van der Waals surface area contributed by atoms with Gasteiger partial charge >= 0.3 is 6.18 Å². The van der Waals surface area contributed by atoms with Gasteiger partial charge in [-0.3, -0.25) is 4.40 Å². The van der Waals surface area contributed by atoms with Crippen LogP contribution in [0.25, 0.3) is 16.7 Å². The van der Waals surface area contributed by atoms with Crippen molar-refractivity contribution in [2.75, 3.05) is 11.4 Å². The molecule has 0 bridgehead atoms. The van der Waals surface area contributed by atoms with E-state index in [2.05, 4.69) is 33.9 Å². The number of anilines is 2. The molecule has 1 aliphatic rings. The summed E-state index contributed by atoms with van der Waals surface area (Å²) in [7, 11) is 0. The Morgan fingerprint density at radius 2 is 2.00 bits per heavy atom. The number of fused-ring (bicyclic) bond motifs is 3. The van der Waals surface area contributed by atoms with Crippen LogP contribution in [0.2, 0.25) is 5.02 Å². The molecule has 32 heavy (non-hydrogen) atoms. The van der Waals surface area contributed by atoms with Crippen LogP contribution >= 0.6 is 11.6 Å². The Balaban J connectivity index is 1.69. The van der Waals surface area contributed by atoms with Gasteiger partial charge in [0.05, 0.1) is 5.52 Å². The second kappa shape index (κ2) is 7.38. The van der Waals surface area contributed by atoms with E-state index in [1.165, 1.54) is 6.33 Å². The SMILES string of the molecule is CC1(C#Cc2cccc(N(CC(F)(F)F)c3nc4nncn4c4cc(Cl)ccc34)c2)CC1. The van der Waals surface area contributed by atoms with Crippen LogP contribution in [0.1, 0.15) is 25.3 Å². The maximum Gasteiger partial charge on any atom is 0.406 e. The van der Waals surface area contributed by atoms with Gasteiger partial charge in [0, 0.05) is 27.1 Å². The first-order chi connectivity index (χ1) is 15.2. The van der Waals surface area contributed by atoms with Crippen LogP contribution in [-0.4, -0.2) is 32.3 Å². The van der Waals surface area contributed by atoms with Gasteiger partial charge in [-0.05, 0) is 56.2 Å². The van der Waals surface area contributed by atoms with Gasteiger partial charge < -0.3 is 4.90 Å². The first-order valence-electron chi connectivity index (χ1n) is 9.97. The molecule has 9 heteroatoms. The summed E-state index contributed by atoms with van der Waals surface area (Å²) in [5.74, 6) is 6.62. The lowest BCUT2D eigenvalue weighted by molar-refractivity contribution is -0.118. The maximum absolute atomic E-state index is 13.7. The van der Waals surface area contributed by atoms with Crippen molar-refractivity contribution in [1.82, 2.24) is 19.6 Å². The van der Waals surface area contributed by atoms with E-state index in [4.69, 9.17) is 11.6 Å². The van der Waals surface area contributed by atoms with Crippen LogP contribution in [0.5, 0.6) is 0 Å². The van der Waals surface area contributed by atoms with E-state index in [0.29, 0.717) is 27.2 Å². The fourth-order valence-electron chi connectivity index (χ4n) is 3.48. The van der Waals surface area contributed by atoms with Crippen LogP contribution in [0.3, 0.4) is 0 Å². The Morgan fingerprint density at radius 1 is 1.19 bits per heavy atom. The molecule has 1 fully saturated rings. The Kier molecular flexibility index (Phi) is 4.75. The lowest BCUT2D eigenvalue weighted by Crippen LogP contribution is -2.31. The molecule has 0 spiro atoms. The van der Waals surface area contributed by atoms with Gasteiger partial charge in [0.2, 0.25) is 0 Å². The molecule has 0 saturated heterocycles. The average Bonchev–Trinajstić information content (AvgIpc) is 3.29. The van der Waals surface area contributed by atoms with E-state index >= 15 is 0 Å². The summed E-state index contributed by atoms with van der Waals surface area (Å²) in [6, 6.07) is 11.7. The van der Waals surface area contributed by atoms with Gasteiger partial charge in [-0.15, -0.1) is 10.2 Å². The first kappa shape index (κ1) is 20.6. The van der Waals surface area contributed by atoms with Crippen LogP contribution < -0.4 is 4.90 Å². The van der Waals surface area contributed by atoms with Gasteiger partial charge in [-0.1, -0.05) is 29.5 Å². The van der Waals surface area contributed by atoms with Crippen LogP contribution in [0.4, 0.5) is 24.7 Å². The van der Waals surface area contributed by atoms with E-state index in [9.17, 15) is 13.2 Å². The van der Waals surface area contributed by atoms with Crippen molar-refractivity contribution in [3.8, 4) is 11.8 Å². The largest absolute Gasteiger partial charge is 0.406 e. The highest BCUT2D eigenvalue weighted by atomic mass is 35.5. The molecule has 5 nitrogen and oxygen atoms in total. The molecular formula is C23H17ClF3N5. The number of halogens is 4. The Morgan fingerprint density at radius 3 is 2.75 bits per heavy atom. The van der Waals surface area contributed by atoms with E-state index < -0.39 is 12.7 Å². The Hall–Kier alpha value is -3.31. The summed E-state index contributed by atoms with van der Waals surface area (Å²) < 4.78 is 42.6. The topological polar surface area (TPSA) is 46.3 Å². The molecular weight excluding hydrogens is 439 g/mol. The Labute approximate surface area is 186 Å². The number of nitrogens with zero attached hydrogens (tertiary/aromatic N) is 5. The third-order valence-electron chi connectivity index (χ3n) is 5.46. The normalized spacial score (nSPS) is 14.9. The highest BCUT2D eigenvalue weighted by Crippen LogP contribution is 2.44. The molecule has 0 unspecified atom stereocenters. The predicted molar refractivity (Wildman–Crippen MR) is 117 cm³/mol. The fraction of sp³-hybridized carbons (Fsp3) is 0.261. The van der Waals surface area contributed by atoms with Crippen LogP contribution in [0.15, 0.2) is 48.8 Å². The molecule has 0 N–H and O–H groups in total. The lowest BCUT2D eigenvalue weighted by Gasteiger charge is -2.26. The zero-order chi connectivity index (χ0) is 22.5. The molecule has 5 rings (SSSR count). The minimum Gasteiger partial charge on any atom is -0.317 e. The third-order valence-corrected chi connectivity index (χ3v) is 5.69. The monoisotopic (exact) mass is 455 g/mol. The van der Waals surface area contributed by atoms with E-state index in [0.717, 1.165) is 17.7 Å². The first-order valence-corrected chi connectivity index (χ1v) is 10.4. The third kappa shape index (κ3) is 4.08. The molecule has 2 heterocycles. The molecule has 1 saturated carbocycles. The number of benzene rings is 2. The lowest BCUT2D eigenvalue weighted by atomic mass is 10.1. The highest BCUT2D eigenvalue weighted by Gasteiger charge is 2.35. The standard InChI is InChI=1S/C23H17ClF3N5/c1-22(9-10-22)8-7-15-3-2-4-17(11-15)31(13-23(25,26)27)20-18-6-5-16(24)12-19(18)32-14-28-30-21(32)29-20/h2-6,11-12,14H,9-10,13H2,1H3. The molecule has 4 aromatic rings. The summed E-state index contributed by atoms with van der Waals surface area (Å²) in [6.07, 6.45) is -0.940. The number of alkyl halides is 3. The van der Waals surface area contributed by atoms with Crippen molar-refractivity contribution in [3.05, 3.63) is 59.4 Å². The van der Waals surface area contributed by atoms with Gasteiger partial charge in [0.15, 0.2) is 0 Å². The summed E-state index contributed by atoms with van der Waals surface area (Å²) in [6.45, 7) is 0.853. The predicted octanol–water partition coefficient (Wildman–Crippen LogP) is 5.78.